The topological polar surface area (TPSA) is 15.3 Å². The maximum Gasteiger partial charge on any atom is 0.0198 e. The fourth-order valence-corrected chi connectivity index (χ4v) is 2.83. The molecule has 3 fully saturated rings. The van der Waals surface area contributed by atoms with Gasteiger partial charge in [0.05, 0.1) is 0 Å². The van der Waals surface area contributed by atoms with Crippen LogP contribution in [0, 0.1) is 5.41 Å². The van der Waals surface area contributed by atoms with E-state index in [1.807, 2.05) is 0 Å². The first-order valence-electron chi connectivity index (χ1n) is 6.72. The minimum Gasteiger partial charge on any atom is -0.310 e. The Hall–Kier alpha value is -0.0800. The Morgan fingerprint density at radius 3 is 2.67 bits per heavy atom. The van der Waals surface area contributed by atoms with Gasteiger partial charge < -0.3 is 10.2 Å². The van der Waals surface area contributed by atoms with Crippen molar-refractivity contribution in [3.63, 3.8) is 0 Å². The number of rotatable bonds is 4. The standard InChI is InChI=1S/C13H24N2/c1-13(6-7-13)10-15-8-2-3-12(9-15)14-11-4-5-11/h11-12,14H,2-10H2,1H3. The smallest absolute Gasteiger partial charge is 0.0198 e. The maximum atomic E-state index is 3.79. The molecule has 0 aromatic rings. The molecule has 2 saturated carbocycles. The highest BCUT2D eigenvalue weighted by Gasteiger charge is 2.39. The molecule has 1 saturated heterocycles. The van der Waals surface area contributed by atoms with Crippen molar-refractivity contribution in [2.75, 3.05) is 19.6 Å². The molecule has 1 aliphatic heterocycles. The number of hydrogen-bond acceptors (Lipinski definition) is 2. The van der Waals surface area contributed by atoms with E-state index in [0.717, 1.165) is 12.1 Å². The van der Waals surface area contributed by atoms with E-state index < -0.39 is 0 Å². The van der Waals surface area contributed by atoms with Crippen LogP contribution in [0.25, 0.3) is 0 Å². The van der Waals surface area contributed by atoms with E-state index in [2.05, 4.69) is 17.1 Å². The van der Waals surface area contributed by atoms with E-state index in [1.54, 1.807) is 0 Å². The molecule has 2 heteroatoms. The zero-order chi connectivity index (χ0) is 10.3. The summed E-state index contributed by atoms with van der Waals surface area (Å²) in [5.74, 6) is 0. The van der Waals surface area contributed by atoms with Crippen LogP contribution in [0.4, 0.5) is 0 Å². The summed E-state index contributed by atoms with van der Waals surface area (Å²) < 4.78 is 0. The molecule has 1 N–H and O–H groups in total. The molecule has 86 valence electrons. The quantitative estimate of drug-likeness (QED) is 0.760. The summed E-state index contributed by atoms with van der Waals surface area (Å²) in [5, 5.41) is 3.79. The molecular weight excluding hydrogens is 184 g/mol. The average Bonchev–Trinajstić information content (AvgIpc) is 3.07. The normalized spacial score (nSPS) is 35.4. The van der Waals surface area contributed by atoms with Crippen LogP contribution in [-0.4, -0.2) is 36.6 Å². The zero-order valence-electron chi connectivity index (χ0n) is 9.97. The van der Waals surface area contributed by atoms with Crippen LogP contribution in [-0.2, 0) is 0 Å². The Morgan fingerprint density at radius 1 is 1.20 bits per heavy atom. The molecule has 2 aliphatic carbocycles. The number of nitrogens with one attached hydrogen (secondary N) is 1. The molecule has 0 bridgehead atoms. The van der Waals surface area contributed by atoms with Crippen molar-refractivity contribution >= 4 is 0 Å². The van der Waals surface area contributed by atoms with Gasteiger partial charge in [0, 0.05) is 25.2 Å². The van der Waals surface area contributed by atoms with E-state index in [4.69, 9.17) is 0 Å². The highest BCUT2D eigenvalue weighted by Crippen LogP contribution is 2.45. The average molecular weight is 208 g/mol. The van der Waals surface area contributed by atoms with Crippen molar-refractivity contribution in [1.29, 1.82) is 0 Å². The SMILES string of the molecule is CC1(CN2CCCC(NC3CC3)C2)CC1. The van der Waals surface area contributed by atoms with Gasteiger partial charge in [-0.1, -0.05) is 6.92 Å². The van der Waals surface area contributed by atoms with E-state index in [0.29, 0.717) is 5.41 Å². The van der Waals surface area contributed by atoms with Gasteiger partial charge in [-0.2, -0.15) is 0 Å². The van der Waals surface area contributed by atoms with Crippen LogP contribution >= 0.6 is 0 Å². The molecule has 1 heterocycles. The minimum atomic E-state index is 0.696. The zero-order valence-corrected chi connectivity index (χ0v) is 9.97. The molecule has 2 nitrogen and oxygen atoms in total. The summed E-state index contributed by atoms with van der Waals surface area (Å²) in [4.78, 5) is 2.70. The molecule has 0 radical (unpaired) electrons. The van der Waals surface area contributed by atoms with Gasteiger partial charge in [-0.15, -0.1) is 0 Å². The van der Waals surface area contributed by atoms with Crippen molar-refractivity contribution in [3.05, 3.63) is 0 Å². The predicted molar refractivity (Wildman–Crippen MR) is 63.0 cm³/mol. The van der Waals surface area contributed by atoms with E-state index in [9.17, 15) is 0 Å². The van der Waals surface area contributed by atoms with E-state index in [1.165, 1.54) is 58.2 Å². The van der Waals surface area contributed by atoms with E-state index in [-0.39, 0.29) is 0 Å². The van der Waals surface area contributed by atoms with Gasteiger partial charge in [-0.25, -0.2) is 0 Å². The first-order chi connectivity index (χ1) is 7.23. The highest BCUT2D eigenvalue weighted by atomic mass is 15.2. The molecule has 15 heavy (non-hydrogen) atoms. The van der Waals surface area contributed by atoms with Gasteiger partial charge in [0.25, 0.3) is 0 Å². The number of likely N-dealkylation sites (tertiary alicyclic amines) is 1. The maximum absolute atomic E-state index is 3.79. The van der Waals surface area contributed by atoms with Gasteiger partial charge in [0.2, 0.25) is 0 Å². The Labute approximate surface area is 93.4 Å². The van der Waals surface area contributed by atoms with Crippen LogP contribution in [0.2, 0.25) is 0 Å². The Balaban J connectivity index is 1.47. The second kappa shape index (κ2) is 3.74. The van der Waals surface area contributed by atoms with Crippen LogP contribution < -0.4 is 5.32 Å². The fraction of sp³-hybridized carbons (Fsp3) is 1.00. The Kier molecular flexibility index (Phi) is 2.52. The predicted octanol–water partition coefficient (Wildman–Crippen LogP) is 2.00. The third-order valence-corrected chi connectivity index (χ3v) is 4.26. The van der Waals surface area contributed by atoms with Crippen LogP contribution in [0.3, 0.4) is 0 Å². The molecule has 0 spiro atoms. The third kappa shape index (κ3) is 2.73. The monoisotopic (exact) mass is 208 g/mol. The van der Waals surface area contributed by atoms with Crippen LogP contribution in [0.5, 0.6) is 0 Å². The van der Waals surface area contributed by atoms with Crippen molar-refractivity contribution in [2.45, 2.75) is 57.5 Å². The second-order valence-electron chi connectivity index (χ2n) is 6.33. The molecule has 3 aliphatic rings. The number of nitrogens with zero attached hydrogens (tertiary/aromatic N) is 1. The van der Waals surface area contributed by atoms with Crippen LogP contribution in [0.15, 0.2) is 0 Å². The first kappa shape index (κ1) is 10.1. The van der Waals surface area contributed by atoms with Gasteiger partial charge in [-0.05, 0) is 50.5 Å². The molecule has 1 atom stereocenters. The van der Waals surface area contributed by atoms with Gasteiger partial charge in [-0.3, -0.25) is 0 Å². The summed E-state index contributed by atoms with van der Waals surface area (Å²) >= 11 is 0. The summed E-state index contributed by atoms with van der Waals surface area (Å²) in [7, 11) is 0. The molecule has 3 rings (SSSR count). The molecular formula is C13H24N2. The minimum absolute atomic E-state index is 0.696. The summed E-state index contributed by atoms with van der Waals surface area (Å²) in [6.07, 6.45) is 8.58. The second-order valence-corrected chi connectivity index (χ2v) is 6.33. The lowest BCUT2D eigenvalue weighted by molar-refractivity contribution is 0.162. The van der Waals surface area contributed by atoms with Gasteiger partial charge in [0.1, 0.15) is 0 Å². The summed E-state index contributed by atoms with van der Waals surface area (Å²) in [6.45, 7) is 6.46. The lowest BCUT2D eigenvalue weighted by Crippen LogP contribution is -2.47. The van der Waals surface area contributed by atoms with Crippen molar-refractivity contribution in [3.8, 4) is 0 Å². The molecule has 1 unspecified atom stereocenters. The number of hydrogen-bond donors (Lipinski definition) is 1. The van der Waals surface area contributed by atoms with E-state index >= 15 is 0 Å². The Morgan fingerprint density at radius 2 is 2.00 bits per heavy atom. The van der Waals surface area contributed by atoms with Crippen molar-refractivity contribution in [1.82, 2.24) is 10.2 Å². The third-order valence-electron chi connectivity index (χ3n) is 4.26. The molecule has 0 aromatic carbocycles. The number of piperidine rings is 1. The highest BCUT2D eigenvalue weighted by molar-refractivity contribution is 4.94. The summed E-state index contributed by atoms with van der Waals surface area (Å²) in [6, 6.07) is 1.68. The summed E-state index contributed by atoms with van der Waals surface area (Å²) in [5.41, 5.74) is 0.696. The van der Waals surface area contributed by atoms with Crippen molar-refractivity contribution in [2.24, 2.45) is 5.41 Å². The van der Waals surface area contributed by atoms with Gasteiger partial charge >= 0.3 is 0 Å². The fourth-order valence-electron chi connectivity index (χ4n) is 2.83. The first-order valence-corrected chi connectivity index (χ1v) is 6.72. The molecule has 0 aromatic heterocycles. The largest absolute Gasteiger partial charge is 0.310 e. The Bertz CT molecular complexity index is 231. The van der Waals surface area contributed by atoms with Gasteiger partial charge in [0.15, 0.2) is 0 Å². The lowest BCUT2D eigenvalue weighted by atomic mass is 10.0. The molecule has 0 amide bonds. The van der Waals surface area contributed by atoms with Crippen LogP contribution in [0.1, 0.15) is 45.4 Å². The lowest BCUT2D eigenvalue weighted by Gasteiger charge is -2.35. The van der Waals surface area contributed by atoms with Crippen molar-refractivity contribution < 1.29 is 0 Å².